The van der Waals surface area contributed by atoms with E-state index in [2.05, 4.69) is 0 Å². The minimum atomic E-state index is -1.65. The lowest BCUT2D eigenvalue weighted by molar-refractivity contribution is -0.133. The maximum atomic E-state index is 9.96. The fraction of sp³-hybridized carbons (Fsp3) is 0.857. The first-order chi connectivity index (χ1) is 5.54. The third-order valence-electron chi connectivity index (χ3n) is 1.65. The first-order valence-electron chi connectivity index (χ1n) is 3.72. The van der Waals surface area contributed by atoms with Crippen molar-refractivity contribution >= 4 is 6.29 Å². The van der Waals surface area contributed by atoms with Crippen LogP contribution in [0.1, 0.15) is 13.3 Å². The summed E-state index contributed by atoms with van der Waals surface area (Å²) in [5.74, 6) is 0. The van der Waals surface area contributed by atoms with Crippen LogP contribution in [0.4, 0.5) is 0 Å². The zero-order chi connectivity index (χ0) is 9.72. The Kier molecular flexibility index (Phi) is 5.00. The van der Waals surface area contributed by atoms with Gasteiger partial charge in [-0.2, -0.15) is 0 Å². The molecule has 4 atom stereocenters. The molecule has 0 aromatic carbocycles. The van der Waals surface area contributed by atoms with Gasteiger partial charge in [-0.1, -0.05) is 6.92 Å². The summed E-state index contributed by atoms with van der Waals surface area (Å²) in [5.41, 5.74) is 0. The third-order valence-corrected chi connectivity index (χ3v) is 1.65. The van der Waals surface area contributed by atoms with Crippen LogP contribution in [0.5, 0.6) is 0 Å². The van der Waals surface area contributed by atoms with E-state index >= 15 is 0 Å². The van der Waals surface area contributed by atoms with Gasteiger partial charge in [-0.15, -0.1) is 0 Å². The summed E-state index contributed by atoms with van der Waals surface area (Å²) < 4.78 is 0. The van der Waals surface area contributed by atoms with Crippen LogP contribution in [0.2, 0.25) is 0 Å². The SMILES string of the molecule is CCC(O)C(O)C(O)C(O)C=O. The largest absolute Gasteiger partial charge is 0.390 e. The van der Waals surface area contributed by atoms with Gasteiger partial charge < -0.3 is 25.2 Å². The number of aliphatic hydroxyl groups is 4. The molecule has 0 aromatic rings. The second-order valence-corrected chi connectivity index (χ2v) is 2.58. The van der Waals surface area contributed by atoms with Gasteiger partial charge in [-0.3, -0.25) is 0 Å². The van der Waals surface area contributed by atoms with Crippen LogP contribution in [0.25, 0.3) is 0 Å². The average Bonchev–Trinajstić information content (AvgIpc) is 2.12. The van der Waals surface area contributed by atoms with Gasteiger partial charge in [-0.05, 0) is 6.42 Å². The van der Waals surface area contributed by atoms with Gasteiger partial charge in [0.25, 0.3) is 0 Å². The van der Waals surface area contributed by atoms with Crippen LogP contribution in [-0.4, -0.2) is 51.1 Å². The highest BCUT2D eigenvalue weighted by molar-refractivity contribution is 5.56. The number of hydrogen-bond acceptors (Lipinski definition) is 5. The fourth-order valence-corrected chi connectivity index (χ4v) is 0.752. The molecule has 0 aromatic heterocycles. The van der Waals surface area contributed by atoms with Gasteiger partial charge in [0, 0.05) is 0 Å². The first kappa shape index (κ1) is 11.5. The van der Waals surface area contributed by atoms with Crippen molar-refractivity contribution < 1.29 is 25.2 Å². The highest BCUT2D eigenvalue weighted by Gasteiger charge is 2.28. The van der Waals surface area contributed by atoms with Crippen LogP contribution in [-0.2, 0) is 4.79 Å². The molecule has 0 heterocycles. The molecule has 0 bridgehead atoms. The molecule has 4 unspecified atom stereocenters. The van der Waals surface area contributed by atoms with Crippen LogP contribution in [0, 0.1) is 0 Å². The maximum absolute atomic E-state index is 9.96. The molecule has 72 valence electrons. The molecule has 0 aliphatic heterocycles. The molecule has 5 nitrogen and oxygen atoms in total. The van der Waals surface area contributed by atoms with Crippen molar-refractivity contribution in [1.82, 2.24) is 0 Å². The number of aldehydes is 1. The van der Waals surface area contributed by atoms with E-state index in [4.69, 9.17) is 20.4 Å². The lowest BCUT2D eigenvalue weighted by Crippen LogP contribution is -2.44. The van der Waals surface area contributed by atoms with E-state index in [9.17, 15) is 4.79 Å². The molecule has 5 heteroatoms. The number of rotatable bonds is 5. The van der Waals surface area contributed by atoms with E-state index in [-0.39, 0.29) is 12.7 Å². The third kappa shape index (κ3) is 2.86. The predicted octanol–water partition coefficient (Wildman–Crippen LogP) is -1.96. The van der Waals surface area contributed by atoms with Gasteiger partial charge >= 0.3 is 0 Å². The minimum Gasteiger partial charge on any atom is -0.390 e. The van der Waals surface area contributed by atoms with Crippen LogP contribution < -0.4 is 0 Å². The van der Waals surface area contributed by atoms with E-state index < -0.39 is 24.4 Å². The molecule has 0 spiro atoms. The van der Waals surface area contributed by atoms with Crippen molar-refractivity contribution in [1.29, 1.82) is 0 Å². The second kappa shape index (κ2) is 5.21. The zero-order valence-electron chi connectivity index (χ0n) is 6.79. The number of carbonyl (C=O) groups excluding carboxylic acids is 1. The summed E-state index contributed by atoms with van der Waals surface area (Å²) in [5, 5.41) is 35.8. The smallest absolute Gasteiger partial charge is 0.151 e. The molecule has 0 saturated heterocycles. The first-order valence-corrected chi connectivity index (χ1v) is 3.72. The average molecular weight is 178 g/mol. The van der Waals surface area contributed by atoms with Crippen LogP contribution in [0.15, 0.2) is 0 Å². The Balaban J connectivity index is 4.07. The van der Waals surface area contributed by atoms with Crippen LogP contribution in [0.3, 0.4) is 0 Å². The Morgan fingerprint density at radius 2 is 1.67 bits per heavy atom. The van der Waals surface area contributed by atoms with E-state index in [0.29, 0.717) is 0 Å². The summed E-state index contributed by atoms with van der Waals surface area (Å²) in [7, 11) is 0. The summed E-state index contributed by atoms with van der Waals surface area (Å²) in [4.78, 5) is 9.96. The van der Waals surface area contributed by atoms with E-state index in [1.165, 1.54) is 0 Å². The van der Waals surface area contributed by atoms with Crippen molar-refractivity contribution in [3.8, 4) is 0 Å². The highest BCUT2D eigenvalue weighted by atomic mass is 16.4. The van der Waals surface area contributed by atoms with Crippen molar-refractivity contribution in [2.45, 2.75) is 37.8 Å². The van der Waals surface area contributed by atoms with Gasteiger partial charge in [0.05, 0.1) is 6.10 Å². The molecule has 0 rings (SSSR count). The monoisotopic (exact) mass is 178 g/mol. The van der Waals surface area contributed by atoms with Gasteiger partial charge in [0.15, 0.2) is 6.29 Å². The number of carbonyl (C=O) groups is 1. The standard InChI is InChI=1S/C7H14O5/c1-2-4(9)6(11)7(12)5(10)3-8/h3-7,9-12H,2H2,1H3. The van der Waals surface area contributed by atoms with E-state index in [1.54, 1.807) is 6.92 Å². The normalized spacial score (nSPS) is 21.1. The molecule has 12 heavy (non-hydrogen) atoms. The topological polar surface area (TPSA) is 98.0 Å². The zero-order valence-corrected chi connectivity index (χ0v) is 6.79. The molecule has 0 radical (unpaired) electrons. The molecule has 0 aliphatic carbocycles. The lowest BCUT2D eigenvalue weighted by Gasteiger charge is -2.22. The fourth-order valence-electron chi connectivity index (χ4n) is 0.752. The quantitative estimate of drug-likeness (QED) is 0.366. The van der Waals surface area contributed by atoms with Gasteiger partial charge in [0.1, 0.15) is 18.3 Å². The Morgan fingerprint density at radius 3 is 2.00 bits per heavy atom. The number of aliphatic hydroxyl groups excluding tert-OH is 4. The number of hydrogen-bond donors (Lipinski definition) is 4. The maximum Gasteiger partial charge on any atom is 0.151 e. The molecular weight excluding hydrogens is 164 g/mol. The Morgan fingerprint density at radius 1 is 1.17 bits per heavy atom. The second-order valence-electron chi connectivity index (χ2n) is 2.58. The van der Waals surface area contributed by atoms with E-state index in [1.807, 2.05) is 0 Å². The van der Waals surface area contributed by atoms with Crippen LogP contribution >= 0.6 is 0 Å². The van der Waals surface area contributed by atoms with E-state index in [0.717, 1.165) is 0 Å². The Bertz CT molecular complexity index is 138. The summed E-state index contributed by atoms with van der Waals surface area (Å²) in [6, 6.07) is 0. The van der Waals surface area contributed by atoms with Crippen molar-refractivity contribution in [2.24, 2.45) is 0 Å². The molecule has 0 fully saturated rings. The molecule has 0 aliphatic rings. The molecule has 0 saturated carbocycles. The van der Waals surface area contributed by atoms with Crippen molar-refractivity contribution in [3.05, 3.63) is 0 Å². The molecule has 4 N–H and O–H groups in total. The van der Waals surface area contributed by atoms with Crippen molar-refractivity contribution in [3.63, 3.8) is 0 Å². The lowest BCUT2D eigenvalue weighted by atomic mass is 10.0. The van der Waals surface area contributed by atoms with Crippen molar-refractivity contribution in [2.75, 3.05) is 0 Å². The highest BCUT2D eigenvalue weighted by Crippen LogP contribution is 2.06. The van der Waals surface area contributed by atoms with Gasteiger partial charge in [-0.25, -0.2) is 0 Å². The summed E-state index contributed by atoms with van der Waals surface area (Å²) >= 11 is 0. The summed E-state index contributed by atoms with van der Waals surface area (Å²) in [6.45, 7) is 1.61. The van der Waals surface area contributed by atoms with Gasteiger partial charge in [0.2, 0.25) is 0 Å². The molecule has 0 amide bonds. The predicted molar refractivity (Wildman–Crippen MR) is 40.4 cm³/mol. The Labute approximate surface area is 70.3 Å². The molecular formula is C7H14O5. The minimum absolute atomic E-state index is 0.107. The summed E-state index contributed by atoms with van der Waals surface area (Å²) in [6.07, 6.45) is -5.55. The Hall–Kier alpha value is -0.490.